The van der Waals surface area contributed by atoms with Gasteiger partial charge in [-0.2, -0.15) is 0 Å². The molecule has 2 N–H and O–H groups in total. The lowest BCUT2D eigenvalue weighted by Crippen LogP contribution is -2.63. The van der Waals surface area contributed by atoms with E-state index < -0.39 is 16.8 Å². The van der Waals surface area contributed by atoms with Crippen LogP contribution in [0.2, 0.25) is 0 Å². The van der Waals surface area contributed by atoms with Gasteiger partial charge >= 0.3 is 6.03 Å². The molecular formula is C19H24N2O3S. The predicted molar refractivity (Wildman–Crippen MR) is 95.9 cm³/mol. The van der Waals surface area contributed by atoms with Crippen LogP contribution in [0.3, 0.4) is 0 Å². The standard InChI is InChI=1S/C19H24N2O3S/c22-18(21-5-6-25(24)16-4-2-1-3-15(16)21)20-17-13-7-12-8-14(17)11-19(23,9-12)10-13/h1-4,12-14,17,23H,5-11H2,(H,20,22)/t12?,13?,14?,17-,19-,25?. The van der Waals surface area contributed by atoms with E-state index in [0.717, 1.165) is 42.7 Å². The number of urea groups is 1. The van der Waals surface area contributed by atoms with E-state index in [9.17, 15) is 14.5 Å². The zero-order valence-electron chi connectivity index (χ0n) is 14.2. The van der Waals surface area contributed by atoms with Crippen molar-refractivity contribution < 1.29 is 14.5 Å². The molecule has 2 amide bonds. The molecule has 6 heteroatoms. The average Bonchev–Trinajstić information content (AvgIpc) is 2.57. The number of hydrogen-bond donors (Lipinski definition) is 2. The highest BCUT2D eigenvalue weighted by Crippen LogP contribution is 2.55. The molecule has 4 bridgehead atoms. The topological polar surface area (TPSA) is 75.6 Å². The van der Waals surface area contributed by atoms with Crippen LogP contribution in [0.1, 0.15) is 32.1 Å². The van der Waals surface area contributed by atoms with Crippen LogP contribution in [-0.2, 0) is 11.2 Å². The number of amides is 2. The van der Waals surface area contributed by atoms with Crippen molar-refractivity contribution in [1.82, 2.24) is 5.32 Å². The van der Waals surface area contributed by atoms with Crippen molar-refractivity contribution in [3.8, 4) is 0 Å². The van der Waals surface area contributed by atoms with E-state index in [0.29, 0.717) is 30.1 Å². The number of carbonyl (C=O) groups is 1. The lowest BCUT2D eigenvalue weighted by atomic mass is 9.52. The summed E-state index contributed by atoms with van der Waals surface area (Å²) < 4.78 is 12.2. The van der Waals surface area contributed by atoms with Gasteiger partial charge in [0.2, 0.25) is 0 Å². The summed E-state index contributed by atoms with van der Waals surface area (Å²) in [6, 6.07) is 7.59. The minimum atomic E-state index is -1.02. The van der Waals surface area contributed by atoms with Crippen molar-refractivity contribution in [2.75, 3.05) is 17.2 Å². The predicted octanol–water partition coefficient (Wildman–Crippen LogP) is 2.26. The van der Waals surface area contributed by atoms with Crippen LogP contribution in [0.4, 0.5) is 10.5 Å². The van der Waals surface area contributed by atoms with Crippen LogP contribution in [0.25, 0.3) is 0 Å². The van der Waals surface area contributed by atoms with Gasteiger partial charge in [0.1, 0.15) is 11.4 Å². The monoisotopic (exact) mass is 360 g/mol. The molecular weight excluding hydrogens is 336 g/mol. The highest BCUT2D eigenvalue weighted by Gasteiger charge is 2.55. The molecule has 4 aliphatic carbocycles. The van der Waals surface area contributed by atoms with Gasteiger partial charge in [0.05, 0.1) is 12.1 Å². The molecule has 0 radical (unpaired) electrons. The first-order valence-electron chi connectivity index (χ1n) is 9.30. The summed E-state index contributed by atoms with van der Waals surface area (Å²) in [5.41, 5.74) is 0.291. The van der Waals surface area contributed by atoms with Gasteiger partial charge in [0.15, 0.2) is 4.90 Å². The fourth-order valence-corrected chi connectivity index (χ4v) is 7.14. The summed E-state index contributed by atoms with van der Waals surface area (Å²) in [5.74, 6) is 1.92. The summed E-state index contributed by atoms with van der Waals surface area (Å²) >= 11 is -1.02. The lowest BCUT2D eigenvalue weighted by Gasteiger charge is -2.58. The summed E-state index contributed by atoms with van der Waals surface area (Å²) in [6.07, 6.45) is 4.86. The Hall–Kier alpha value is -1.24. The Labute approximate surface area is 151 Å². The lowest BCUT2D eigenvalue weighted by molar-refractivity contribution is -0.136. The number of aliphatic hydroxyl groups is 1. The Morgan fingerprint density at radius 3 is 2.68 bits per heavy atom. The largest absolute Gasteiger partial charge is 0.611 e. The number of nitrogens with one attached hydrogen (secondary N) is 1. The summed E-state index contributed by atoms with van der Waals surface area (Å²) in [6.45, 7) is 0.490. The van der Waals surface area contributed by atoms with E-state index in [4.69, 9.17) is 0 Å². The fourth-order valence-electron chi connectivity index (χ4n) is 5.93. The van der Waals surface area contributed by atoms with Crippen LogP contribution >= 0.6 is 0 Å². The van der Waals surface area contributed by atoms with Crippen molar-refractivity contribution in [3.63, 3.8) is 0 Å². The number of benzene rings is 1. The molecule has 1 aliphatic heterocycles. The van der Waals surface area contributed by atoms with Gasteiger partial charge in [-0.3, -0.25) is 4.90 Å². The van der Waals surface area contributed by atoms with Crippen molar-refractivity contribution in [3.05, 3.63) is 24.3 Å². The molecule has 3 unspecified atom stereocenters. The molecule has 6 rings (SSSR count). The first kappa shape index (κ1) is 16.0. The molecule has 0 saturated heterocycles. The second-order valence-corrected chi connectivity index (χ2v) is 9.88. The maximum absolute atomic E-state index is 13.0. The zero-order chi connectivity index (χ0) is 17.2. The van der Waals surface area contributed by atoms with Gasteiger partial charge in [-0.25, -0.2) is 4.79 Å². The molecule has 4 fully saturated rings. The van der Waals surface area contributed by atoms with E-state index >= 15 is 0 Å². The minimum Gasteiger partial charge on any atom is -0.611 e. The Balaban J connectivity index is 1.36. The Kier molecular flexibility index (Phi) is 3.60. The summed E-state index contributed by atoms with van der Waals surface area (Å²) in [7, 11) is 0. The minimum absolute atomic E-state index is 0.0754. The summed E-state index contributed by atoms with van der Waals surface area (Å²) in [5, 5.41) is 14.0. The number of fused-ring (bicyclic) bond motifs is 1. The number of rotatable bonds is 1. The van der Waals surface area contributed by atoms with Crippen LogP contribution in [0.15, 0.2) is 29.2 Å². The van der Waals surface area contributed by atoms with Gasteiger partial charge in [0.25, 0.3) is 0 Å². The number of anilines is 1. The van der Waals surface area contributed by atoms with E-state index in [1.165, 1.54) is 0 Å². The van der Waals surface area contributed by atoms with Crippen LogP contribution in [0, 0.1) is 17.8 Å². The van der Waals surface area contributed by atoms with E-state index in [-0.39, 0.29) is 12.1 Å². The SMILES string of the molecule is O=C(N[C@H]1C2CC3CC1C[C@](O)(C3)C2)N1CC[S+]([O-])c2ccccc21. The molecule has 1 aromatic rings. The summed E-state index contributed by atoms with van der Waals surface area (Å²) in [4.78, 5) is 15.5. The Morgan fingerprint density at radius 2 is 1.96 bits per heavy atom. The van der Waals surface area contributed by atoms with Crippen LogP contribution in [-0.4, -0.2) is 39.6 Å². The number of carbonyl (C=O) groups excluding carboxylic acids is 1. The Morgan fingerprint density at radius 1 is 1.24 bits per heavy atom. The maximum atomic E-state index is 13.0. The normalized spacial score (nSPS) is 41.5. The molecule has 4 saturated carbocycles. The third-order valence-corrected chi connectivity index (χ3v) is 8.07. The van der Waals surface area contributed by atoms with E-state index in [1.54, 1.807) is 4.90 Å². The third kappa shape index (κ3) is 2.57. The van der Waals surface area contributed by atoms with Gasteiger partial charge < -0.3 is 15.0 Å². The van der Waals surface area contributed by atoms with Crippen LogP contribution in [0.5, 0.6) is 0 Å². The second kappa shape index (κ2) is 5.63. The smallest absolute Gasteiger partial charge is 0.322 e. The van der Waals surface area contributed by atoms with E-state index in [2.05, 4.69) is 5.32 Å². The molecule has 0 aromatic heterocycles. The molecule has 0 spiro atoms. The average molecular weight is 360 g/mol. The molecule has 5 nitrogen and oxygen atoms in total. The third-order valence-electron chi connectivity index (χ3n) is 6.68. The zero-order valence-corrected chi connectivity index (χ0v) is 15.0. The molecule has 25 heavy (non-hydrogen) atoms. The molecule has 1 heterocycles. The van der Waals surface area contributed by atoms with Gasteiger partial charge in [-0.05, 0) is 73.2 Å². The van der Waals surface area contributed by atoms with E-state index in [1.807, 2.05) is 24.3 Å². The van der Waals surface area contributed by atoms with Gasteiger partial charge in [0, 0.05) is 6.04 Å². The molecule has 1 aromatic carbocycles. The molecule has 5 aliphatic rings. The first-order chi connectivity index (χ1) is 12.0. The van der Waals surface area contributed by atoms with Gasteiger partial charge in [-0.1, -0.05) is 12.1 Å². The fraction of sp³-hybridized carbons (Fsp3) is 0.632. The van der Waals surface area contributed by atoms with Crippen molar-refractivity contribution in [1.29, 1.82) is 0 Å². The highest BCUT2D eigenvalue weighted by molar-refractivity contribution is 7.91. The van der Waals surface area contributed by atoms with Crippen molar-refractivity contribution >= 4 is 22.9 Å². The highest BCUT2D eigenvalue weighted by atomic mass is 32.2. The van der Waals surface area contributed by atoms with Crippen molar-refractivity contribution in [2.24, 2.45) is 17.8 Å². The quantitative estimate of drug-likeness (QED) is 0.755. The number of para-hydroxylation sites is 1. The number of nitrogens with zero attached hydrogens (tertiary/aromatic N) is 1. The second-order valence-electron chi connectivity index (χ2n) is 8.34. The van der Waals surface area contributed by atoms with Crippen LogP contribution < -0.4 is 10.2 Å². The molecule has 134 valence electrons. The van der Waals surface area contributed by atoms with Crippen molar-refractivity contribution in [2.45, 2.75) is 48.6 Å². The Bertz CT molecular complexity index is 696. The van der Waals surface area contributed by atoms with Gasteiger partial charge in [-0.15, -0.1) is 0 Å². The number of hydrogen-bond acceptors (Lipinski definition) is 3. The first-order valence-corrected chi connectivity index (χ1v) is 10.6. The maximum Gasteiger partial charge on any atom is 0.322 e. The molecule has 3 atom stereocenters.